The summed E-state index contributed by atoms with van der Waals surface area (Å²) in [5, 5.41) is 1.40. The molecule has 0 bridgehead atoms. The van der Waals surface area contributed by atoms with Crippen LogP contribution in [-0.2, 0) is 18.2 Å². The van der Waals surface area contributed by atoms with Gasteiger partial charge in [0.15, 0.2) is 0 Å². The van der Waals surface area contributed by atoms with Gasteiger partial charge in [0.1, 0.15) is 7.85 Å². The fourth-order valence-corrected chi connectivity index (χ4v) is 2.47. The highest BCUT2D eigenvalue weighted by Crippen LogP contribution is 2.25. The quantitative estimate of drug-likeness (QED) is 0.569. The first-order valence-electron chi connectivity index (χ1n) is 6.18. The van der Waals surface area contributed by atoms with Crippen LogP contribution in [0.2, 0.25) is 0 Å². The van der Waals surface area contributed by atoms with Crippen molar-refractivity contribution in [2.24, 2.45) is 7.05 Å². The zero-order valence-corrected chi connectivity index (χ0v) is 11.2. The van der Waals surface area contributed by atoms with Crippen LogP contribution in [0.15, 0.2) is 18.2 Å². The summed E-state index contributed by atoms with van der Waals surface area (Å²) in [6.45, 7) is 3.04. The van der Waals surface area contributed by atoms with Gasteiger partial charge in [0.2, 0.25) is 0 Å². The molecule has 0 radical (unpaired) electrons. The molecule has 0 unspecified atom stereocenters. The molecule has 0 aliphatic rings. The van der Waals surface area contributed by atoms with Gasteiger partial charge in [0.25, 0.3) is 0 Å². The number of aryl methyl sites for hydroxylation is 2. The summed E-state index contributed by atoms with van der Waals surface area (Å²) in [5.41, 5.74) is 5.52. The smallest absolute Gasteiger partial charge is 0.139 e. The van der Waals surface area contributed by atoms with Crippen LogP contribution in [0.5, 0.6) is 0 Å². The third-order valence-electron chi connectivity index (χ3n) is 3.55. The molecular weight excluding hydrogens is 209 g/mol. The number of hydrogen-bond acceptors (Lipinski definition) is 1. The maximum Gasteiger partial charge on any atom is 0.139 e. The summed E-state index contributed by atoms with van der Waals surface area (Å²) in [7, 11) is 6.06. The molecule has 0 atom stereocenters. The van der Waals surface area contributed by atoms with Gasteiger partial charge in [0, 0.05) is 37.4 Å². The van der Waals surface area contributed by atoms with Crippen LogP contribution in [-0.4, -0.2) is 26.1 Å². The molecular formula is C14H20BNO. The van der Waals surface area contributed by atoms with E-state index in [1.54, 1.807) is 7.11 Å². The molecule has 1 aromatic carbocycles. The van der Waals surface area contributed by atoms with E-state index in [0.29, 0.717) is 0 Å². The highest BCUT2D eigenvalue weighted by molar-refractivity contribution is 6.33. The normalized spacial score (nSPS) is 11.2. The van der Waals surface area contributed by atoms with Crippen LogP contribution in [0, 0.1) is 6.92 Å². The summed E-state index contributed by atoms with van der Waals surface area (Å²) < 4.78 is 7.43. The molecule has 17 heavy (non-hydrogen) atoms. The third kappa shape index (κ3) is 2.25. The number of fused-ring (bicyclic) bond motifs is 1. The Bertz CT molecular complexity index is 530. The van der Waals surface area contributed by atoms with Crippen molar-refractivity contribution >= 4 is 24.2 Å². The minimum absolute atomic E-state index is 0.835. The molecule has 90 valence electrons. The van der Waals surface area contributed by atoms with Crippen molar-refractivity contribution in [1.82, 2.24) is 4.57 Å². The minimum Gasteiger partial charge on any atom is -0.385 e. The SMILES string of the molecule is Bc1ccc2c(c1)c(CCCOC)c(C)n2C. The lowest BCUT2D eigenvalue weighted by atomic mass is 9.93. The Morgan fingerprint density at radius 2 is 2.12 bits per heavy atom. The average Bonchev–Trinajstić information content (AvgIpc) is 2.54. The number of ether oxygens (including phenoxy) is 1. The molecule has 0 fully saturated rings. The van der Waals surface area contributed by atoms with E-state index in [2.05, 4.69) is 44.6 Å². The lowest BCUT2D eigenvalue weighted by Gasteiger charge is -2.02. The van der Waals surface area contributed by atoms with Crippen molar-refractivity contribution in [3.05, 3.63) is 29.5 Å². The number of hydrogen-bond donors (Lipinski definition) is 0. The highest BCUT2D eigenvalue weighted by atomic mass is 16.5. The van der Waals surface area contributed by atoms with Crippen molar-refractivity contribution < 1.29 is 4.74 Å². The molecule has 3 heteroatoms. The van der Waals surface area contributed by atoms with Gasteiger partial charge in [-0.2, -0.15) is 0 Å². The Hall–Kier alpha value is -1.22. The second-order valence-corrected chi connectivity index (χ2v) is 4.74. The second kappa shape index (κ2) is 4.97. The fourth-order valence-electron chi connectivity index (χ4n) is 2.47. The van der Waals surface area contributed by atoms with E-state index < -0.39 is 0 Å². The molecule has 2 rings (SSSR count). The standard InChI is InChI=1S/C14H20BNO/c1-10-12(5-4-8-17-3)13-9-11(15)6-7-14(13)16(10)2/h6-7,9H,4-5,8,15H2,1-3H3. The summed E-state index contributed by atoms with van der Waals surface area (Å²) in [4.78, 5) is 0. The zero-order valence-electron chi connectivity index (χ0n) is 11.2. The fraction of sp³-hybridized carbons (Fsp3) is 0.429. The van der Waals surface area contributed by atoms with E-state index in [4.69, 9.17) is 4.74 Å². The summed E-state index contributed by atoms with van der Waals surface area (Å²) >= 11 is 0. The van der Waals surface area contributed by atoms with E-state index in [1.165, 1.54) is 27.6 Å². The van der Waals surface area contributed by atoms with Crippen LogP contribution < -0.4 is 5.46 Å². The summed E-state index contributed by atoms with van der Waals surface area (Å²) in [6, 6.07) is 6.70. The molecule has 0 amide bonds. The molecule has 1 aromatic heterocycles. The number of aromatic nitrogens is 1. The van der Waals surface area contributed by atoms with Gasteiger partial charge in [-0.3, -0.25) is 0 Å². The van der Waals surface area contributed by atoms with Crippen LogP contribution in [0.1, 0.15) is 17.7 Å². The Morgan fingerprint density at radius 3 is 2.82 bits per heavy atom. The number of rotatable bonds is 4. The Balaban J connectivity index is 2.45. The van der Waals surface area contributed by atoms with Crippen molar-refractivity contribution in [2.45, 2.75) is 19.8 Å². The highest BCUT2D eigenvalue weighted by Gasteiger charge is 2.11. The maximum absolute atomic E-state index is 5.14. The monoisotopic (exact) mass is 229 g/mol. The maximum atomic E-state index is 5.14. The lowest BCUT2D eigenvalue weighted by Crippen LogP contribution is -2.00. The van der Waals surface area contributed by atoms with Gasteiger partial charge >= 0.3 is 0 Å². The third-order valence-corrected chi connectivity index (χ3v) is 3.55. The molecule has 0 N–H and O–H groups in total. The topological polar surface area (TPSA) is 14.2 Å². The molecule has 0 saturated carbocycles. The van der Waals surface area contributed by atoms with Gasteiger partial charge in [-0.1, -0.05) is 17.6 Å². The van der Waals surface area contributed by atoms with E-state index in [0.717, 1.165) is 19.4 Å². The van der Waals surface area contributed by atoms with E-state index >= 15 is 0 Å². The summed E-state index contributed by atoms with van der Waals surface area (Å²) in [6.07, 6.45) is 2.19. The van der Waals surface area contributed by atoms with Crippen molar-refractivity contribution in [3.8, 4) is 0 Å². The average molecular weight is 229 g/mol. The van der Waals surface area contributed by atoms with Crippen LogP contribution in [0.3, 0.4) is 0 Å². The molecule has 0 spiro atoms. The van der Waals surface area contributed by atoms with Gasteiger partial charge in [-0.15, -0.1) is 0 Å². The first kappa shape index (κ1) is 12.2. The van der Waals surface area contributed by atoms with Crippen molar-refractivity contribution in [2.75, 3.05) is 13.7 Å². The van der Waals surface area contributed by atoms with Crippen LogP contribution in [0.25, 0.3) is 10.9 Å². The molecule has 2 aromatic rings. The molecule has 0 aliphatic heterocycles. The van der Waals surface area contributed by atoms with Crippen LogP contribution in [0.4, 0.5) is 0 Å². The van der Waals surface area contributed by atoms with E-state index in [1.807, 2.05) is 0 Å². The molecule has 1 heterocycles. The molecule has 2 nitrogen and oxygen atoms in total. The van der Waals surface area contributed by atoms with Crippen molar-refractivity contribution in [3.63, 3.8) is 0 Å². The van der Waals surface area contributed by atoms with Gasteiger partial charge < -0.3 is 9.30 Å². The molecule has 0 saturated heterocycles. The summed E-state index contributed by atoms with van der Waals surface area (Å²) in [5.74, 6) is 0. The lowest BCUT2D eigenvalue weighted by molar-refractivity contribution is 0.195. The predicted molar refractivity (Wildman–Crippen MR) is 76.0 cm³/mol. The number of nitrogens with zero attached hydrogens (tertiary/aromatic N) is 1. The number of benzene rings is 1. The van der Waals surface area contributed by atoms with Gasteiger partial charge in [-0.05, 0) is 31.4 Å². The van der Waals surface area contributed by atoms with Crippen LogP contribution >= 0.6 is 0 Å². The Kier molecular flexibility index (Phi) is 3.58. The Morgan fingerprint density at radius 1 is 1.35 bits per heavy atom. The zero-order chi connectivity index (χ0) is 12.4. The molecule has 0 aliphatic carbocycles. The van der Waals surface area contributed by atoms with E-state index in [9.17, 15) is 0 Å². The Labute approximate surface area is 104 Å². The van der Waals surface area contributed by atoms with Gasteiger partial charge in [-0.25, -0.2) is 0 Å². The van der Waals surface area contributed by atoms with Gasteiger partial charge in [0.05, 0.1) is 0 Å². The largest absolute Gasteiger partial charge is 0.385 e. The first-order chi connectivity index (χ1) is 8.15. The second-order valence-electron chi connectivity index (χ2n) is 4.74. The first-order valence-corrected chi connectivity index (χ1v) is 6.18. The number of methoxy groups -OCH3 is 1. The van der Waals surface area contributed by atoms with Crippen molar-refractivity contribution in [1.29, 1.82) is 0 Å². The minimum atomic E-state index is 0.835. The van der Waals surface area contributed by atoms with E-state index in [-0.39, 0.29) is 0 Å². The predicted octanol–water partition coefficient (Wildman–Crippen LogP) is 1.32.